The molecule has 0 aliphatic rings. The van der Waals surface area contributed by atoms with E-state index in [4.69, 9.17) is 5.73 Å². The molecule has 13 heteroatoms. The number of aryl methyl sites for hydroxylation is 1. The Labute approximate surface area is 196 Å². The number of nitrogens with zero attached hydrogens (tertiary/aromatic N) is 6. The van der Waals surface area contributed by atoms with Crippen molar-refractivity contribution in [2.75, 3.05) is 59.7 Å². The van der Waals surface area contributed by atoms with Gasteiger partial charge in [-0.15, -0.1) is 0 Å². The number of hydrogen-bond acceptors (Lipinski definition) is 13. The molecule has 0 unspecified atom stereocenters. The quantitative estimate of drug-likeness (QED) is 0.158. The first-order valence-corrected chi connectivity index (χ1v) is 11.6. The predicted octanol–water partition coefficient (Wildman–Crippen LogP) is 1.75. The van der Waals surface area contributed by atoms with E-state index in [1.54, 1.807) is 0 Å². The second-order valence-electron chi connectivity index (χ2n) is 6.43. The molecule has 0 saturated heterocycles. The summed E-state index contributed by atoms with van der Waals surface area (Å²) < 4.78 is 0. The molecule has 0 saturated carbocycles. The zero-order valence-electron chi connectivity index (χ0n) is 17.7. The molecule has 0 amide bonds. The van der Waals surface area contributed by atoms with Gasteiger partial charge in [0.05, 0.1) is 0 Å². The molecule has 0 atom stereocenters. The first-order chi connectivity index (χ1) is 15.7. The molecule has 3 rings (SSSR count). The van der Waals surface area contributed by atoms with E-state index in [0.717, 1.165) is 4.90 Å². The molecule has 32 heavy (non-hydrogen) atoms. The van der Waals surface area contributed by atoms with Crippen LogP contribution in [0, 0.1) is 6.92 Å². The maximum Gasteiger partial charge on any atom is 0.228 e. The van der Waals surface area contributed by atoms with Crippen molar-refractivity contribution in [3.05, 3.63) is 36.2 Å². The van der Waals surface area contributed by atoms with Crippen molar-refractivity contribution in [3.63, 3.8) is 0 Å². The fraction of sp³-hybridized carbons (Fsp3) is 0.368. The molecule has 2 heterocycles. The smallest absolute Gasteiger partial charge is 0.228 e. The van der Waals surface area contributed by atoms with Crippen molar-refractivity contribution in [3.8, 4) is 0 Å². The highest BCUT2D eigenvalue weighted by Crippen LogP contribution is 2.25. The van der Waals surface area contributed by atoms with Crippen LogP contribution in [0.5, 0.6) is 0 Å². The Morgan fingerprint density at radius 1 is 0.750 bits per heavy atom. The van der Waals surface area contributed by atoms with Gasteiger partial charge in [0.15, 0.2) is 5.16 Å². The minimum absolute atomic E-state index is 0.475. The van der Waals surface area contributed by atoms with Gasteiger partial charge in [0.1, 0.15) is 5.82 Å². The molecule has 0 radical (unpaired) electrons. The fourth-order valence-electron chi connectivity index (χ4n) is 2.49. The van der Waals surface area contributed by atoms with Gasteiger partial charge < -0.3 is 27.0 Å². The van der Waals surface area contributed by atoms with Crippen molar-refractivity contribution < 1.29 is 0 Å². The van der Waals surface area contributed by atoms with E-state index in [0.29, 0.717) is 73.3 Å². The van der Waals surface area contributed by atoms with Crippen molar-refractivity contribution in [2.45, 2.75) is 17.0 Å². The third-order valence-corrected chi connectivity index (χ3v) is 4.92. The summed E-state index contributed by atoms with van der Waals surface area (Å²) in [6.07, 6.45) is 0. The summed E-state index contributed by atoms with van der Waals surface area (Å²) in [5.74, 6) is 3.30. The number of benzene rings is 1. The monoisotopic (exact) mass is 473 g/mol. The van der Waals surface area contributed by atoms with Gasteiger partial charge in [0.25, 0.3) is 0 Å². The summed E-state index contributed by atoms with van der Waals surface area (Å²) in [4.78, 5) is 27.4. The number of aromatic nitrogens is 6. The van der Waals surface area contributed by atoms with Crippen molar-refractivity contribution in [1.29, 1.82) is 0 Å². The van der Waals surface area contributed by atoms with Crippen LogP contribution in [-0.4, -0.2) is 68.4 Å². The fourth-order valence-corrected chi connectivity index (χ4v) is 3.37. The van der Waals surface area contributed by atoms with Crippen molar-refractivity contribution >= 4 is 48.2 Å². The predicted molar refractivity (Wildman–Crippen MR) is 132 cm³/mol. The van der Waals surface area contributed by atoms with Gasteiger partial charge in [-0.25, -0.2) is 0 Å². The van der Waals surface area contributed by atoms with Gasteiger partial charge >= 0.3 is 0 Å². The first-order valence-electron chi connectivity index (χ1n) is 10.1. The molecule has 1 aromatic carbocycles. The second kappa shape index (κ2) is 12.8. The summed E-state index contributed by atoms with van der Waals surface area (Å²) >= 11 is 5.65. The molecule has 2 aromatic heterocycles. The molecule has 0 bridgehead atoms. The average Bonchev–Trinajstić information content (AvgIpc) is 2.79. The number of rotatable bonds is 13. The molecule has 170 valence electrons. The third kappa shape index (κ3) is 7.98. The lowest BCUT2D eigenvalue weighted by Crippen LogP contribution is -2.19. The summed E-state index contributed by atoms with van der Waals surface area (Å²) in [6, 6.07) is 9.94. The summed E-state index contributed by atoms with van der Waals surface area (Å²) in [6.45, 7) is 4.67. The van der Waals surface area contributed by atoms with E-state index >= 15 is 0 Å². The van der Waals surface area contributed by atoms with E-state index in [-0.39, 0.29) is 0 Å². The van der Waals surface area contributed by atoms with Crippen LogP contribution in [0.25, 0.3) is 0 Å². The normalized spacial score (nSPS) is 10.6. The Hall–Kier alpha value is -2.90. The van der Waals surface area contributed by atoms with Crippen LogP contribution in [0.4, 0.5) is 23.8 Å². The van der Waals surface area contributed by atoms with Crippen LogP contribution in [0.3, 0.4) is 0 Å². The minimum atomic E-state index is 0.475. The zero-order chi connectivity index (χ0) is 22.6. The van der Waals surface area contributed by atoms with Crippen molar-refractivity contribution in [2.24, 2.45) is 5.73 Å². The molecular weight excluding hydrogens is 446 g/mol. The van der Waals surface area contributed by atoms with E-state index in [1.807, 2.05) is 37.3 Å². The molecule has 3 aromatic rings. The summed E-state index contributed by atoms with van der Waals surface area (Å²) in [7, 11) is 0. The van der Waals surface area contributed by atoms with Gasteiger partial charge in [-0.05, 0) is 30.8 Å². The van der Waals surface area contributed by atoms with E-state index < -0.39 is 0 Å². The molecule has 11 nitrogen and oxygen atoms in total. The maximum absolute atomic E-state index is 5.59. The van der Waals surface area contributed by atoms with Crippen LogP contribution in [-0.2, 0) is 0 Å². The van der Waals surface area contributed by atoms with Crippen molar-refractivity contribution in [1.82, 2.24) is 29.9 Å². The zero-order valence-corrected chi connectivity index (χ0v) is 19.5. The highest BCUT2D eigenvalue weighted by atomic mass is 32.2. The van der Waals surface area contributed by atoms with E-state index in [2.05, 4.69) is 63.8 Å². The Morgan fingerprint density at radius 3 is 1.84 bits per heavy atom. The van der Waals surface area contributed by atoms with Crippen LogP contribution >= 0.6 is 24.4 Å². The van der Waals surface area contributed by atoms with Crippen LogP contribution in [0.15, 0.2) is 40.4 Å². The van der Waals surface area contributed by atoms with Gasteiger partial charge in [0.2, 0.25) is 23.8 Å². The van der Waals surface area contributed by atoms with Crippen LogP contribution in [0.2, 0.25) is 0 Å². The highest BCUT2D eigenvalue weighted by molar-refractivity contribution is 7.99. The maximum atomic E-state index is 5.59. The topological polar surface area (TPSA) is 151 Å². The number of nitrogens with two attached hydrogens (primary N) is 1. The Morgan fingerprint density at radius 2 is 1.28 bits per heavy atom. The number of anilines is 4. The van der Waals surface area contributed by atoms with Crippen LogP contribution in [0.1, 0.15) is 5.82 Å². The molecule has 6 N–H and O–H groups in total. The van der Waals surface area contributed by atoms with Gasteiger partial charge in [0, 0.05) is 43.4 Å². The average molecular weight is 474 g/mol. The molecule has 0 fully saturated rings. The third-order valence-electron chi connectivity index (χ3n) is 3.83. The van der Waals surface area contributed by atoms with E-state index in [9.17, 15) is 0 Å². The Kier molecular flexibility index (Phi) is 9.53. The first kappa shape index (κ1) is 23.8. The SMILES string of the molecule is Cc1nc(NCCS)nc(NCCNc2nc(NCCN)nc(Sc3ccccc3)n2)n1. The highest BCUT2D eigenvalue weighted by Gasteiger charge is 2.08. The second-order valence-corrected chi connectivity index (χ2v) is 7.92. The van der Waals surface area contributed by atoms with Crippen LogP contribution < -0.4 is 27.0 Å². The lowest BCUT2D eigenvalue weighted by atomic mass is 10.4. The Bertz CT molecular complexity index is 975. The molecule has 0 aliphatic heterocycles. The lowest BCUT2D eigenvalue weighted by Gasteiger charge is -2.11. The molecule has 0 aliphatic carbocycles. The minimum Gasteiger partial charge on any atom is -0.353 e. The summed E-state index contributed by atoms with van der Waals surface area (Å²) in [5, 5.41) is 13.2. The molecule has 0 spiro atoms. The molecular formula is C19H27N11S2. The number of hydrogen-bond donors (Lipinski definition) is 6. The largest absolute Gasteiger partial charge is 0.353 e. The summed E-state index contributed by atoms with van der Waals surface area (Å²) in [5.41, 5.74) is 5.59. The van der Waals surface area contributed by atoms with Gasteiger partial charge in [-0.3, -0.25) is 0 Å². The lowest BCUT2D eigenvalue weighted by molar-refractivity contribution is 0.876. The van der Waals surface area contributed by atoms with E-state index in [1.165, 1.54) is 11.8 Å². The standard InChI is InChI=1S/C19H27N11S2/c1-13-25-15(27-16(26-13)24-11-12-31)22-9-10-23-18-28-17(21-8-7-20)29-19(30-18)32-14-5-3-2-4-6-14/h2-6,31H,7-12,20H2,1H3,(H2,21,23,28,29,30)(H2,22,24,25,26,27). The number of thiol groups is 1. The van der Waals surface area contributed by atoms with Gasteiger partial charge in [-0.1, -0.05) is 18.2 Å². The van der Waals surface area contributed by atoms with Gasteiger partial charge in [-0.2, -0.15) is 42.5 Å². The number of nitrogens with one attached hydrogen (secondary N) is 4. The Balaban J connectivity index is 1.60.